The van der Waals surface area contributed by atoms with Crippen molar-refractivity contribution in [2.24, 2.45) is 0 Å². The maximum absolute atomic E-state index is 13.2. The first-order chi connectivity index (χ1) is 10.0. The first-order valence-electron chi connectivity index (χ1n) is 6.94. The third kappa shape index (κ3) is 3.85. The highest BCUT2D eigenvalue weighted by atomic mass is 19.2. The molecule has 1 nitrogen and oxygen atoms in total. The fraction of sp³-hybridized carbons (Fsp3) is 0.294. The van der Waals surface area contributed by atoms with Crippen LogP contribution in [0.25, 0.3) is 0 Å². The largest absolute Gasteiger partial charge is 0.306 e. The molecule has 0 amide bonds. The molecule has 0 aliphatic carbocycles. The van der Waals surface area contributed by atoms with Crippen LogP contribution in [-0.2, 0) is 6.54 Å². The minimum Gasteiger partial charge on any atom is -0.306 e. The Morgan fingerprint density at radius 2 is 1.57 bits per heavy atom. The number of nitrogens with one attached hydrogen (secondary N) is 1. The van der Waals surface area contributed by atoms with Gasteiger partial charge in [0.1, 0.15) is 0 Å². The molecule has 0 fully saturated rings. The molecule has 4 heteroatoms. The third-order valence-corrected chi connectivity index (χ3v) is 3.48. The molecule has 1 atom stereocenters. The molecule has 0 spiro atoms. The summed E-state index contributed by atoms with van der Waals surface area (Å²) in [6, 6.07) is 10.2. The Bertz CT molecular complexity index is 585. The van der Waals surface area contributed by atoms with E-state index >= 15 is 0 Å². The molecular weight excluding hydrogens is 275 g/mol. The Morgan fingerprint density at radius 1 is 1.00 bits per heavy atom. The quantitative estimate of drug-likeness (QED) is 0.791. The minimum atomic E-state index is -1.43. The lowest BCUT2D eigenvalue weighted by Gasteiger charge is -2.18. The molecule has 0 saturated carbocycles. The van der Waals surface area contributed by atoms with Crippen LogP contribution in [0.1, 0.15) is 36.1 Å². The third-order valence-electron chi connectivity index (χ3n) is 3.48. The lowest BCUT2D eigenvalue weighted by Crippen LogP contribution is -2.20. The van der Waals surface area contributed by atoms with Crippen molar-refractivity contribution in [3.05, 3.63) is 70.5 Å². The van der Waals surface area contributed by atoms with Gasteiger partial charge in [0.05, 0.1) is 0 Å². The number of rotatable bonds is 5. The second kappa shape index (κ2) is 6.76. The predicted octanol–water partition coefficient (Wildman–Crippen LogP) is 4.65. The van der Waals surface area contributed by atoms with Gasteiger partial charge in [0.15, 0.2) is 17.5 Å². The van der Waals surface area contributed by atoms with Gasteiger partial charge < -0.3 is 5.32 Å². The van der Waals surface area contributed by atoms with Crippen molar-refractivity contribution >= 4 is 0 Å². The Kier molecular flexibility index (Phi) is 5.02. The van der Waals surface area contributed by atoms with Crippen LogP contribution in [0.5, 0.6) is 0 Å². The molecule has 1 unspecified atom stereocenters. The van der Waals surface area contributed by atoms with E-state index in [9.17, 15) is 13.2 Å². The van der Waals surface area contributed by atoms with Crippen molar-refractivity contribution in [2.75, 3.05) is 0 Å². The molecular formula is C17H18F3N. The van der Waals surface area contributed by atoms with E-state index < -0.39 is 17.5 Å². The number of aryl methyl sites for hydroxylation is 1. The summed E-state index contributed by atoms with van der Waals surface area (Å²) in [5, 5.41) is 3.24. The van der Waals surface area contributed by atoms with Crippen LogP contribution < -0.4 is 5.32 Å². The summed E-state index contributed by atoms with van der Waals surface area (Å²) < 4.78 is 39.3. The molecule has 0 radical (unpaired) electrons. The van der Waals surface area contributed by atoms with Crippen LogP contribution in [0, 0.1) is 24.4 Å². The van der Waals surface area contributed by atoms with Crippen LogP contribution in [0.2, 0.25) is 0 Å². The summed E-state index contributed by atoms with van der Waals surface area (Å²) in [6.45, 7) is 4.33. The molecule has 0 aromatic heterocycles. The molecule has 21 heavy (non-hydrogen) atoms. The standard InChI is InChI=1S/C17H18F3N/c1-3-16(13-6-4-11(2)5-7-13)21-10-12-8-14(18)17(20)15(19)9-12/h4-9,16,21H,3,10H2,1-2H3. The van der Waals surface area contributed by atoms with E-state index in [4.69, 9.17) is 0 Å². The van der Waals surface area contributed by atoms with E-state index in [0.717, 1.165) is 24.1 Å². The van der Waals surface area contributed by atoms with E-state index in [2.05, 4.69) is 5.32 Å². The molecule has 112 valence electrons. The van der Waals surface area contributed by atoms with Crippen LogP contribution in [0.4, 0.5) is 13.2 Å². The van der Waals surface area contributed by atoms with Gasteiger partial charge in [-0.05, 0) is 36.6 Å². The summed E-state index contributed by atoms with van der Waals surface area (Å²) in [5.74, 6) is -3.74. The van der Waals surface area contributed by atoms with E-state index in [1.54, 1.807) is 0 Å². The maximum Gasteiger partial charge on any atom is 0.194 e. The summed E-state index contributed by atoms with van der Waals surface area (Å²) in [5.41, 5.74) is 2.68. The second-order valence-electron chi connectivity index (χ2n) is 5.13. The van der Waals surface area contributed by atoms with Crippen molar-refractivity contribution in [2.45, 2.75) is 32.9 Å². The fourth-order valence-electron chi connectivity index (χ4n) is 2.25. The van der Waals surface area contributed by atoms with Gasteiger partial charge in [0.2, 0.25) is 0 Å². The molecule has 0 saturated heterocycles. The number of hydrogen-bond donors (Lipinski definition) is 1. The van der Waals surface area contributed by atoms with Gasteiger partial charge in [-0.25, -0.2) is 13.2 Å². The highest BCUT2D eigenvalue weighted by molar-refractivity contribution is 5.25. The van der Waals surface area contributed by atoms with Crippen molar-refractivity contribution in [3.63, 3.8) is 0 Å². The van der Waals surface area contributed by atoms with Crippen molar-refractivity contribution in [1.29, 1.82) is 0 Å². The first-order valence-corrected chi connectivity index (χ1v) is 6.94. The zero-order chi connectivity index (χ0) is 15.4. The van der Waals surface area contributed by atoms with Gasteiger partial charge in [-0.3, -0.25) is 0 Å². The first kappa shape index (κ1) is 15.6. The minimum absolute atomic E-state index is 0.0850. The van der Waals surface area contributed by atoms with Crippen LogP contribution in [0.3, 0.4) is 0 Å². The van der Waals surface area contributed by atoms with E-state index in [1.807, 2.05) is 38.1 Å². The van der Waals surface area contributed by atoms with Gasteiger partial charge in [0.25, 0.3) is 0 Å². The zero-order valence-electron chi connectivity index (χ0n) is 12.1. The Balaban J connectivity index is 2.08. The van der Waals surface area contributed by atoms with Crippen molar-refractivity contribution < 1.29 is 13.2 Å². The van der Waals surface area contributed by atoms with Gasteiger partial charge >= 0.3 is 0 Å². The zero-order valence-corrected chi connectivity index (χ0v) is 12.1. The number of benzene rings is 2. The van der Waals surface area contributed by atoms with Gasteiger partial charge in [0, 0.05) is 12.6 Å². The van der Waals surface area contributed by atoms with Crippen molar-refractivity contribution in [1.82, 2.24) is 5.32 Å². The summed E-state index contributed by atoms with van der Waals surface area (Å²) in [6.07, 6.45) is 0.842. The van der Waals surface area contributed by atoms with Crippen LogP contribution >= 0.6 is 0 Å². The molecule has 2 rings (SSSR count). The summed E-state index contributed by atoms with van der Waals surface area (Å²) >= 11 is 0. The highest BCUT2D eigenvalue weighted by Gasteiger charge is 2.12. The maximum atomic E-state index is 13.2. The normalized spacial score (nSPS) is 12.4. The topological polar surface area (TPSA) is 12.0 Å². The summed E-state index contributed by atoms with van der Waals surface area (Å²) in [4.78, 5) is 0. The lowest BCUT2D eigenvalue weighted by atomic mass is 10.0. The average molecular weight is 293 g/mol. The van der Waals surface area contributed by atoms with Gasteiger partial charge in [-0.2, -0.15) is 0 Å². The highest BCUT2D eigenvalue weighted by Crippen LogP contribution is 2.19. The molecule has 2 aromatic carbocycles. The Morgan fingerprint density at radius 3 is 2.10 bits per heavy atom. The SMILES string of the molecule is CCC(NCc1cc(F)c(F)c(F)c1)c1ccc(C)cc1. The predicted molar refractivity (Wildman–Crippen MR) is 77.4 cm³/mol. The number of halogens is 3. The smallest absolute Gasteiger partial charge is 0.194 e. The van der Waals surface area contributed by atoms with E-state index in [1.165, 1.54) is 5.56 Å². The molecule has 2 aromatic rings. The molecule has 0 heterocycles. The molecule has 0 bridgehead atoms. The number of hydrogen-bond acceptors (Lipinski definition) is 1. The van der Waals surface area contributed by atoms with Gasteiger partial charge in [-0.15, -0.1) is 0 Å². The monoisotopic (exact) mass is 293 g/mol. The average Bonchev–Trinajstić information content (AvgIpc) is 2.47. The van der Waals surface area contributed by atoms with E-state index in [-0.39, 0.29) is 12.6 Å². The molecule has 0 aliphatic rings. The second-order valence-corrected chi connectivity index (χ2v) is 5.13. The lowest BCUT2D eigenvalue weighted by molar-refractivity contribution is 0.442. The summed E-state index contributed by atoms with van der Waals surface area (Å²) in [7, 11) is 0. The van der Waals surface area contributed by atoms with E-state index in [0.29, 0.717) is 5.56 Å². The van der Waals surface area contributed by atoms with Crippen LogP contribution in [0.15, 0.2) is 36.4 Å². The molecule has 0 aliphatic heterocycles. The Labute approximate surface area is 122 Å². The fourth-order valence-corrected chi connectivity index (χ4v) is 2.25. The van der Waals surface area contributed by atoms with Gasteiger partial charge in [-0.1, -0.05) is 36.8 Å². The van der Waals surface area contributed by atoms with Crippen molar-refractivity contribution in [3.8, 4) is 0 Å². The molecule has 1 N–H and O–H groups in total. The van der Waals surface area contributed by atoms with Crippen LogP contribution in [-0.4, -0.2) is 0 Å². The Hall–Kier alpha value is -1.81.